The smallest absolute Gasteiger partial charge is 0.125 e. The zero-order valence-electron chi connectivity index (χ0n) is 12.5. The first-order valence-corrected chi connectivity index (χ1v) is 8.16. The highest BCUT2D eigenvalue weighted by Gasteiger charge is 2.38. The minimum Gasteiger partial charge on any atom is -0.380 e. The molecule has 0 atom stereocenters. The third-order valence-corrected chi connectivity index (χ3v) is 4.83. The second-order valence-electron chi connectivity index (χ2n) is 7.50. The van der Waals surface area contributed by atoms with Crippen LogP contribution < -0.4 is 5.32 Å². The molecule has 0 radical (unpaired) electrons. The van der Waals surface area contributed by atoms with Crippen molar-refractivity contribution in [3.05, 3.63) is 27.4 Å². The minimum atomic E-state index is -0.322. The van der Waals surface area contributed by atoms with E-state index in [1.807, 2.05) is 0 Å². The van der Waals surface area contributed by atoms with Crippen LogP contribution in [0.3, 0.4) is 0 Å². The molecule has 1 aliphatic rings. The third kappa shape index (κ3) is 3.88. The fourth-order valence-corrected chi connectivity index (χ4v) is 4.75. The zero-order chi connectivity index (χ0) is 15.1. The van der Waals surface area contributed by atoms with Gasteiger partial charge in [0.2, 0.25) is 0 Å². The number of anilines is 1. The highest BCUT2D eigenvalue weighted by atomic mass is 79.9. The van der Waals surface area contributed by atoms with Crippen LogP contribution in [-0.2, 0) is 0 Å². The van der Waals surface area contributed by atoms with Crippen molar-refractivity contribution in [2.45, 2.75) is 53.0 Å². The maximum atomic E-state index is 13.3. The molecule has 20 heavy (non-hydrogen) atoms. The molecule has 0 spiro atoms. The molecule has 0 bridgehead atoms. The number of nitrogens with one attached hydrogen (secondary N) is 1. The Kier molecular flexibility index (Phi) is 4.42. The van der Waals surface area contributed by atoms with Crippen molar-refractivity contribution in [1.82, 2.24) is 0 Å². The molecule has 4 heteroatoms. The van der Waals surface area contributed by atoms with Crippen molar-refractivity contribution in [3.8, 4) is 0 Å². The first-order chi connectivity index (χ1) is 9.08. The van der Waals surface area contributed by atoms with Crippen LogP contribution in [0, 0.1) is 16.6 Å². The van der Waals surface area contributed by atoms with Gasteiger partial charge in [-0.3, -0.25) is 0 Å². The van der Waals surface area contributed by atoms with Crippen molar-refractivity contribution in [1.29, 1.82) is 0 Å². The van der Waals surface area contributed by atoms with E-state index >= 15 is 0 Å². The van der Waals surface area contributed by atoms with Crippen LogP contribution >= 0.6 is 27.5 Å². The molecular weight excluding hydrogens is 341 g/mol. The Hall–Kier alpha value is -0.280. The van der Waals surface area contributed by atoms with Gasteiger partial charge in [0.1, 0.15) is 5.82 Å². The normalized spacial score (nSPS) is 21.8. The Morgan fingerprint density at radius 1 is 1.20 bits per heavy atom. The predicted molar refractivity (Wildman–Crippen MR) is 87.9 cm³/mol. The first-order valence-electron chi connectivity index (χ1n) is 6.99. The van der Waals surface area contributed by atoms with Crippen molar-refractivity contribution < 1.29 is 4.39 Å². The molecule has 0 saturated heterocycles. The maximum absolute atomic E-state index is 13.3. The van der Waals surface area contributed by atoms with E-state index in [2.05, 4.69) is 48.9 Å². The summed E-state index contributed by atoms with van der Waals surface area (Å²) >= 11 is 9.56. The van der Waals surface area contributed by atoms with Gasteiger partial charge in [-0.1, -0.05) is 39.3 Å². The van der Waals surface area contributed by atoms with Gasteiger partial charge in [-0.05, 0) is 58.2 Å². The molecule has 0 aliphatic heterocycles. The van der Waals surface area contributed by atoms with Crippen LogP contribution in [0.1, 0.15) is 47.0 Å². The summed E-state index contributed by atoms with van der Waals surface area (Å²) < 4.78 is 14.0. The van der Waals surface area contributed by atoms with Gasteiger partial charge in [0.15, 0.2) is 0 Å². The lowest BCUT2D eigenvalue weighted by atomic mass is 9.63. The Bertz CT molecular complexity index is 474. The van der Waals surface area contributed by atoms with Gasteiger partial charge < -0.3 is 5.32 Å². The average molecular weight is 363 g/mol. The molecule has 1 aliphatic carbocycles. The van der Waals surface area contributed by atoms with E-state index in [9.17, 15) is 4.39 Å². The predicted octanol–water partition coefficient (Wildman–Crippen LogP) is 6.26. The highest BCUT2D eigenvalue weighted by molar-refractivity contribution is 9.10. The van der Waals surface area contributed by atoms with E-state index in [-0.39, 0.29) is 5.82 Å². The van der Waals surface area contributed by atoms with Gasteiger partial charge in [0.25, 0.3) is 0 Å². The minimum absolute atomic E-state index is 0.304. The molecule has 1 saturated carbocycles. The number of benzene rings is 1. The molecule has 1 N–H and O–H groups in total. The number of halogens is 3. The van der Waals surface area contributed by atoms with Gasteiger partial charge >= 0.3 is 0 Å². The van der Waals surface area contributed by atoms with Crippen LogP contribution in [0.25, 0.3) is 0 Å². The topological polar surface area (TPSA) is 12.0 Å². The van der Waals surface area contributed by atoms with Gasteiger partial charge in [0.05, 0.1) is 10.7 Å². The molecule has 0 aromatic heterocycles. The maximum Gasteiger partial charge on any atom is 0.125 e. The van der Waals surface area contributed by atoms with Crippen molar-refractivity contribution in [3.63, 3.8) is 0 Å². The summed E-state index contributed by atoms with van der Waals surface area (Å²) in [7, 11) is 0. The average Bonchev–Trinajstić information content (AvgIpc) is 2.18. The summed E-state index contributed by atoms with van der Waals surface area (Å²) in [6, 6.07) is 3.16. The zero-order valence-corrected chi connectivity index (χ0v) is 14.8. The van der Waals surface area contributed by atoms with Crippen molar-refractivity contribution in [2.75, 3.05) is 5.32 Å². The van der Waals surface area contributed by atoms with E-state index in [1.54, 1.807) is 0 Å². The van der Waals surface area contributed by atoms with E-state index < -0.39 is 0 Å². The molecule has 1 aromatic rings. The lowest BCUT2D eigenvalue weighted by Crippen LogP contribution is -2.40. The van der Waals surface area contributed by atoms with E-state index in [4.69, 9.17) is 11.6 Å². The molecule has 2 rings (SSSR count). The Labute approximate surface area is 134 Å². The van der Waals surface area contributed by atoms with Gasteiger partial charge in [0, 0.05) is 10.5 Å². The SMILES string of the molecule is CC1(C)CC(Nc2c(Cl)cc(F)cc2Br)CC(C)(C)C1. The fourth-order valence-electron chi connectivity index (χ4n) is 3.83. The molecule has 112 valence electrons. The van der Waals surface area contributed by atoms with Crippen molar-refractivity contribution in [2.24, 2.45) is 10.8 Å². The Balaban J connectivity index is 2.22. The summed E-state index contributed by atoms with van der Waals surface area (Å²) in [6.45, 7) is 9.24. The largest absolute Gasteiger partial charge is 0.380 e. The summed E-state index contributed by atoms with van der Waals surface area (Å²) in [5.41, 5.74) is 1.41. The number of rotatable bonds is 2. The molecule has 1 aromatic carbocycles. The van der Waals surface area contributed by atoms with Crippen LogP contribution in [0.5, 0.6) is 0 Å². The lowest BCUT2D eigenvalue weighted by molar-refractivity contribution is 0.105. The first kappa shape index (κ1) is 16.1. The highest BCUT2D eigenvalue weighted by Crippen LogP contribution is 2.47. The van der Waals surface area contributed by atoms with E-state index in [0.29, 0.717) is 26.4 Å². The molecule has 1 nitrogen and oxygen atoms in total. The number of hydrogen-bond acceptors (Lipinski definition) is 1. The monoisotopic (exact) mass is 361 g/mol. The second-order valence-corrected chi connectivity index (χ2v) is 8.76. The summed E-state index contributed by atoms with van der Waals surface area (Å²) in [6.07, 6.45) is 3.41. The standard InChI is InChI=1S/C16H22BrClFN/c1-15(2)7-11(8-16(3,4)9-15)20-14-12(17)5-10(19)6-13(14)18/h5-6,11,20H,7-9H2,1-4H3. The van der Waals surface area contributed by atoms with Gasteiger partial charge in [-0.2, -0.15) is 0 Å². The van der Waals surface area contributed by atoms with E-state index in [0.717, 1.165) is 18.5 Å². The van der Waals surface area contributed by atoms with Crippen LogP contribution in [0.4, 0.5) is 10.1 Å². The molecule has 1 fully saturated rings. The third-order valence-electron chi connectivity index (χ3n) is 3.91. The molecular formula is C16H22BrClFN. The van der Waals surface area contributed by atoms with Crippen molar-refractivity contribution >= 4 is 33.2 Å². The Morgan fingerprint density at radius 3 is 2.25 bits per heavy atom. The second kappa shape index (κ2) is 5.49. The fraction of sp³-hybridized carbons (Fsp3) is 0.625. The number of hydrogen-bond donors (Lipinski definition) is 1. The van der Waals surface area contributed by atoms with Crippen LogP contribution in [0.15, 0.2) is 16.6 Å². The molecule has 0 heterocycles. The summed E-state index contributed by atoms with van der Waals surface area (Å²) in [5, 5.41) is 3.94. The quantitative estimate of drug-likeness (QED) is 0.655. The lowest BCUT2D eigenvalue weighted by Gasteiger charge is -2.45. The van der Waals surface area contributed by atoms with Gasteiger partial charge in [-0.15, -0.1) is 0 Å². The van der Waals surface area contributed by atoms with Crippen LogP contribution in [0.2, 0.25) is 5.02 Å². The van der Waals surface area contributed by atoms with Crippen LogP contribution in [-0.4, -0.2) is 6.04 Å². The summed E-state index contributed by atoms with van der Waals surface area (Å²) in [5.74, 6) is -0.322. The van der Waals surface area contributed by atoms with E-state index in [1.165, 1.54) is 18.6 Å². The Morgan fingerprint density at radius 2 is 1.75 bits per heavy atom. The molecule has 0 unspecified atom stereocenters. The van der Waals surface area contributed by atoms with Gasteiger partial charge in [-0.25, -0.2) is 4.39 Å². The summed E-state index contributed by atoms with van der Waals surface area (Å²) in [4.78, 5) is 0. The molecule has 0 amide bonds.